The van der Waals surface area contributed by atoms with Gasteiger partial charge in [-0.05, 0) is 42.4 Å². The maximum atomic E-state index is 12.3. The molecule has 0 unspecified atom stereocenters. The van der Waals surface area contributed by atoms with Crippen LogP contribution in [0.4, 0.5) is 0 Å². The number of halogens is 1. The summed E-state index contributed by atoms with van der Waals surface area (Å²) in [6.45, 7) is 2.31. The molecule has 0 bridgehead atoms. The minimum atomic E-state index is 0.0980. The van der Waals surface area contributed by atoms with Gasteiger partial charge >= 0.3 is 0 Å². The van der Waals surface area contributed by atoms with Crippen molar-refractivity contribution in [1.82, 2.24) is 10.2 Å². The van der Waals surface area contributed by atoms with E-state index in [2.05, 4.69) is 5.32 Å². The maximum Gasteiger partial charge on any atom is 0.222 e. The zero-order chi connectivity index (χ0) is 15.6. The van der Waals surface area contributed by atoms with Gasteiger partial charge in [-0.2, -0.15) is 0 Å². The Kier molecular flexibility index (Phi) is 4.39. The first kappa shape index (κ1) is 15.3. The molecule has 4 nitrogen and oxygen atoms in total. The van der Waals surface area contributed by atoms with Crippen LogP contribution in [-0.4, -0.2) is 36.3 Å². The molecule has 0 radical (unpaired) electrons. The van der Waals surface area contributed by atoms with Crippen LogP contribution in [0.2, 0.25) is 5.02 Å². The highest BCUT2D eigenvalue weighted by Gasteiger charge is 2.41. The second kappa shape index (κ2) is 6.29. The van der Waals surface area contributed by atoms with Gasteiger partial charge in [0, 0.05) is 37.5 Å². The Bertz CT molecular complexity index is 580. The summed E-state index contributed by atoms with van der Waals surface area (Å²) in [7, 11) is 0. The van der Waals surface area contributed by atoms with Gasteiger partial charge in [0.25, 0.3) is 0 Å². The monoisotopic (exact) mass is 320 g/mol. The Hall–Kier alpha value is -1.55. The Labute approximate surface area is 135 Å². The van der Waals surface area contributed by atoms with Crippen LogP contribution in [0.1, 0.15) is 31.2 Å². The van der Waals surface area contributed by atoms with Crippen LogP contribution in [0.3, 0.4) is 0 Å². The molecule has 2 amide bonds. The minimum Gasteiger partial charge on any atom is -0.356 e. The normalized spacial score (nSPS) is 20.2. The predicted molar refractivity (Wildman–Crippen MR) is 85.6 cm³/mol. The average Bonchev–Trinajstić information content (AvgIpc) is 2.86. The number of nitrogens with zero attached hydrogens (tertiary/aromatic N) is 1. The summed E-state index contributed by atoms with van der Waals surface area (Å²) in [6.07, 6.45) is 3.71. The Morgan fingerprint density at radius 2 is 2.09 bits per heavy atom. The van der Waals surface area contributed by atoms with Crippen molar-refractivity contribution in [2.24, 2.45) is 5.41 Å². The number of amides is 2. The van der Waals surface area contributed by atoms with Crippen molar-refractivity contribution in [3.8, 4) is 0 Å². The van der Waals surface area contributed by atoms with Crippen molar-refractivity contribution in [3.63, 3.8) is 0 Å². The lowest BCUT2D eigenvalue weighted by molar-refractivity contribution is -0.133. The fourth-order valence-corrected chi connectivity index (χ4v) is 3.65. The van der Waals surface area contributed by atoms with E-state index in [1.807, 2.05) is 29.2 Å². The van der Waals surface area contributed by atoms with Crippen molar-refractivity contribution in [1.29, 1.82) is 0 Å². The molecule has 22 heavy (non-hydrogen) atoms. The number of aryl methyl sites for hydroxylation is 1. The number of rotatable bonds is 3. The summed E-state index contributed by atoms with van der Waals surface area (Å²) in [6, 6.07) is 7.67. The van der Waals surface area contributed by atoms with Crippen molar-refractivity contribution >= 4 is 23.4 Å². The van der Waals surface area contributed by atoms with Crippen LogP contribution >= 0.6 is 11.6 Å². The molecule has 5 heteroatoms. The first-order valence-electron chi connectivity index (χ1n) is 7.85. The average molecular weight is 321 g/mol. The molecule has 118 valence electrons. The van der Waals surface area contributed by atoms with E-state index in [0.717, 1.165) is 44.5 Å². The van der Waals surface area contributed by atoms with Gasteiger partial charge in [-0.3, -0.25) is 9.59 Å². The summed E-state index contributed by atoms with van der Waals surface area (Å²) >= 11 is 5.96. The Morgan fingerprint density at radius 3 is 2.73 bits per heavy atom. The molecule has 0 aliphatic carbocycles. The van der Waals surface area contributed by atoms with Gasteiger partial charge in [0.05, 0.1) is 0 Å². The van der Waals surface area contributed by atoms with E-state index in [-0.39, 0.29) is 17.2 Å². The van der Waals surface area contributed by atoms with Crippen LogP contribution in [-0.2, 0) is 16.0 Å². The first-order valence-corrected chi connectivity index (χ1v) is 8.23. The van der Waals surface area contributed by atoms with Crippen molar-refractivity contribution in [2.75, 3.05) is 19.6 Å². The smallest absolute Gasteiger partial charge is 0.222 e. The highest BCUT2D eigenvalue weighted by Crippen LogP contribution is 2.37. The lowest BCUT2D eigenvalue weighted by Crippen LogP contribution is -2.44. The molecule has 1 aromatic rings. The van der Waals surface area contributed by atoms with E-state index in [0.29, 0.717) is 17.9 Å². The topological polar surface area (TPSA) is 49.4 Å². The maximum absolute atomic E-state index is 12.3. The van der Waals surface area contributed by atoms with Gasteiger partial charge < -0.3 is 10.2 Å². The van der Waals surface area contributed by atoms with E-state index in [4.69, 9.17) is 11.6 Å². The summed E-state index contributed by atoms with van der Waals surface area (Å²) < 4.78 is 0. The van der Waals surface area contributed by atoms with E-state index in [1.54, 1.807) is 0 Å². The van der Waals surface area contributed by atoms with Gasteiger partial charge in [0.1, 0.15) is 0 Å². The SMILES string of the molecule is O=C1CC2(CCN(C(=O)CCc3cccc(Cl)c3)CC2)CN1. The first-order chi connectivity index (χ1) is 10.6. The fraction of sp³-hybridized carbons (Fsp3) is 0.529. The van der Waals surface area contributed by atoms with E-state index in [9.17, 15) is 9.59 Å². The zero-order valence-electron chi connectivity index (χ0n) is 12.6. The number of piperidine rings is 1. The number of nitrogens with one attached hydrogen (secondary N) is 1. The molecule has 1 spiro atoms. The highest BCUT2D eigenvalue weighted by atomic mass is 35.5. The highest BCUT2D eigenvalue weighted by molar-refractivity contribution is 6.30. The van der Waals surface area contributed by atoms with Crippen molar-refractivity contribution in [3.05, 3.63) is 34.9 Å². The lowest BCUT2D eigenvalue weighted by atomic mass is 9.77. The summed E-state index contributed by atoms with van der Waals surface area (Å²) in [5.41, 5.74) is 1.20. The predicted octanol–water partition coefficient (Wildman–Crippen LogP) is 2.40. The second-order valence-corrected chi connectivity index (χ2v) is 6.90. The molecule has 2 heterocycles. The van der Waals surface area contributed by atoms with E-state index < -0.39 is 0 Å². The molecule has 0 atom stereocenters. The van der Waals surface area contributed by atoms with Crippen molar-refractivity contribution in [2.45, 2.75) is 32.1 Å². The molecule has 2 aliphatic heterocycles. The molecular formula is C17H21ClN2O2. The molecule has 2 saturated heterocycles. The fourth-order valence-electron chi connectivity index (χ4n) is 3.44. The van der Waals surface area contributed by atoms with E-state index >= 15 is 0 Å². The van der Waals surface area contributed by atoms with Gasteiger partial charge in [-0.1, -0.05) is 23.7 Å². The van der Waals surface area contributed by atoms with Crippen LogP contribution < -0.4 is 5.32 Å². The number of likely N-dealkylation sites (tertiary alicyclic amines) is 1. The number of benzene rings is 1. The third-order valence-corrected chi connectivity index (χ3v) is 5.12. The van der Waals surface area contributed by atoms with Crippen LogP contribution in [0.15, 0.2) is 24.3 Å². The standard InChI is InChI=1S/C17H21ClN2O2/c18-14-3-1-2-13(10-14)4-5-16(22)20-8-6-17(7-9-20)11-15(21)19-12-17/h1-3,10H,4-9,11-12H2,(H,19,21). The van der Waals surface area contributed by atoms with Gasteiger partial charge in [-0.15, -0.1) is 0 Å². The zero-order valence-corrected chi connectivity index (χ0v) is 13.4. The number of hydrogen-bond donors (Lipinski definition) is 1. The van der Waals surface area contributed by atoms with E-state index in [1.165, 1.54) is 0 Å². The van der Waals surface area contributed by atoms with Crippen LogP contribution in [0.25, 0.3) is 0 Å². The lowest BCUT2D eigenvalue weighted by Gasteiger charge is -2.38. The minimum absolute atomic E-state index is 0.0980. The van der Waals surface area contributed by atoms with Gasteiger partial charge in [-0.25, -0.2) is 0 Å². The van der Waals surface area contributed by atoms with Crippen LogP contribution in [0, 0.1) is 5.41 Å². The van der Waals surface area contributed by atoms with Crippen LogP contribution in [0.5, 0.6) is 0 Å². The Morgan fingerprint density at radius 1 is 1.32 bits per heavy atom. The Balaban J connectivity index is 1.49. The van der Waals surface area contributed by atoms with Crippen molar-refractivity contribution < 1.29 is 9.59 Å². The largest absolute Gasteiger partial charge is 0.356 e. The third-order valence-electron chi connectivity index (χ3n) is 4.89. The molecule has 0 saturated carbocycles. The number of hydrogen-bond acceptors (Lipinski definition) is 2. The second-order valence-electron chi connectivity index (χ2n) is 6.46. The van der Waals surface area contributed by atoms with Gasteiger partial charge in [0.15, 0.2) is 0 Å². The number of carbonyl (C=O) groups excluding carboxylic acids is 2. The molecule has 1 N–H and O–H groups in total. The molecule has 0 aromatic heterocycles. The molecular weight excluding hydrogens is 300 g/mol. The molecule has 2 fully saturated rings. The molecule has 3 rings (SSSR count). The summed E-state index contributed by atoms with van der Waals surface area (Å²) in [5, 5.41) is 3.63. The quantitative estimate of drug-likeness (QED) is 0.929. The molecule has 1 aromatic carbocycles. The van der Waals surface area contributed by atoms with Gasteiger partial charge in [0.2, 0.25) is 11.8 Å². The summed E-state index contributed by atoms with van der Waals surface area (Å²) in [5.74, 6) is 0.354. The third kappa shape index (κ3) is 3.43. The molecule has 2 aliphatic rings. The number of carbonyl (C=O) groups is 2. The summed E-state index contributed by atoms with van der Waals surface area (Å²) in [4.78, 5) is 25.7.